The second-order valence-electron chi connectivity index (χ2n) is 5.88. The highest BCUT2D eigenvalue weighted by atomic mass is 32.2. The van der Waals surface area contributed by atoms with Crippen LogP contribution < -0.4 is 9.47 Å². The van der Waals surface area contributed by atoms with E-state index in [4.69, 9.17) is 14.2 Å². The minimum absolute atomic E-state index is 0.0200. The number of carbonyl (C=O) groups is 1. The predicted octanol–water partition coefficient (Wildman–Crippen LogP) is 3.09. The quantitative estimate of drug-likeness (QED) is 0.594. The maximum absolute atomic E-state index is 12.6. The molecule has 8 heteroatoms. The van der Waals surface area contributed by atoms with Gasteiger partial charge in [-0.2, -0.15) is 4.31 Å². The molecule has 0 atom stereocenters. The molecule has 0 fully saturated rings. The normalized spacial score (nSPS) is 11.3. The van der Waals surface area contributed by atoms with E-state index >= 15 is 0 Å². The van der Waals surface area contributed by atoms with Crippen LogP contribution in [0.2, 0.25) is 0 Å². The summed E-state index contributed by atoms with van der Waals surface area (Å²) >= 11 is 0. The minimum Gasteiger partial charge on any atom is -0.493 e. The molecule has 0 unspecified atom stereocenters. The van der Waals surface area contributed by atoms with Crippen molar-refractivity contribution in [1.29, 1.82) is 0 Å². The van der Waals surface area contributed by atoms with Crippen LogP contribution in [0.4, 0.5) is 0 Å². The van der Waals surface area contributed by atoms with E-state index in [0.717, 1.165) is 5.56 Å². The first-order valence-corrected chi connectivity index (χ1v) is 10.3. The molecular formula is C20H25NO6S. The van der Waals surface area contributed by atoms with Gasteiger partial charge in [-0.05, 0) is 35.9 Å². The van der Waals surface area contributed by atoms with E-state index in [-0.39, 0.29) is 17.1 Å². The van der Waals surface area contributed by atoms with Crippen molar-refractivity contribution in [3.8, 4) is 11.5 Å². The van der Waals surface area contributed by atoms with Gasteiger partial charge < -0.3 is 14.2 Å². The standard InChI is InChI=1S/C20H25NO6S/c1-5-21(6-2)28(23,24)17-9-7-8-16(13-17)20(22)27-14-15-10-11-18(25-3)19(12-15)26-4/h7-13H,5-6,14H2,1-4H3. The number of hydrogen-bond acceptors (Lipinski definition) is 6. The first-order valence-electron chi connectivity index (χ1n) is 8.85. The molecule has 0 spiro atoms. The van der Waals surface area contributed by atoms with Gasteiger partial charge in [0.15, 0.2) is 11.5 Å². The first kappa shape index (κ1) is 21.7. The Labute approximate surface area is 165 Å². The fourth-order valence-electron chi connectivity index (χ4n) is 2.70. The second-order valence-corrected chi connectivity index (χ2v) is 7.82. The van der Waals surface area contributed by atoms with E-state index in [2.05, 4.69) is 0 Å². The number of rotatable bonds is 9. The number of sulfonamides is 1. The fraction of sp³-hybridized carbons (Fsp3) is 0.350. The van der Waals surface area contributed by atoms with Gasteiger partial charge in [0.1, 0.15) is 6.61 Å². The van der Waals surface area contributed by atoms with Crippen molar-refractivity contribution in [2.24, 2.45) is 0 Å². The monoisotopic (exact) mass is 407 g/mol. The molecule has 0 N–H and O–H groups in total. The van der Waals surface area contributed by atoms with Gasteiger partial charge in [-0.1, -0.05) is 26.0 Å². The molecule has 0 aromatic heterocycles. The van der Waals surface area contributed by atoms with Crippen LogP contribution in [-0.4, -0.2) is 46.0 Å². The second kappa shape index (κ2) is 9.57. The van der Waals surface area contributed by atoms with Crippen molar-refractivity contribution in [2.75, 3.05) is 27.3 Å². The molecule has 0 saturated carbocycles. The van der Waals surface area contributed by atoms with Gasteiger partial charge in [0.2, 0.25) is 10.0 Å². The largest absolute Gasteiger partial charge is 0.493 e. The molecular weight excluding hydrogens is 382 g/mol. The summed E-state index contributed by atoms with van der Waals surface area (Å²) < 4.78 is 42.3. The topological polar surface area (TPSA) is 82.1 Å². The summed E-state index contributed by atoms with van der Waals surface area (Å²) in [7, 11) is -0.584. The Morgan fingerprint density at radius 1 is 0.964 bits per heavy atom. The van der Waals surface area contributed by atoms with E-state index in [1.165, 1.54) is 42.8 Å². The Morgan fingerprint density at radius 2 is 1.64 bits per heavy atom. The van der Waals surface area contributed by atoms with Gasteiger partial charge in [0.25, 0.3) is 0 Å². The molecule has 2 aromatic rings. The summed E-state index contributed by atoms with van der Waals surface area (Å²) in [6.07, 6.45) is 0. The Kier molecular flexibility index (Phi) is 7.42. The summed E-state index contributed by atoms with van der Waals surface area (Å²) in [6, 6.07) is 11.1. The van der Waals surface area contributed by atoms with Crippen molar-refractivity contribution in [2.45, 2.75) is 25.3 Å². The summed E-state index contributed by atoms with van der Waals surface area (Å²) in [6.45, 7) is 4.26. The molecule has 7 nitrogen and oxygen atoms in total. The Hall–Kier alpha value is -2.58. The van der Waals surface area contributed by atoms with Crippen LogP contribution in [-0.2, 0) is 21.4 Å². The lowest BCUT2D eigenvalue weighted by Gasteiger charge is -2.18. The number of ether oxygens (including phenoxy) is 3. The van der Waals surface area contributed by atoms with Crippen molar-refractivity contribution >= 4 is 16.0 Å². The molecule has 2 aromatic carbocycles. The van der Waals surface area contributed by atoms with Crippen LogP contribution in [0.3, 0.4) is 0 Å². The molecule has 0 saturated heterocycles. The Balaban J connectivity index is 2.16. The van der Waals surface area contributed by atoms with E-state index in [0.29, 0.717) is 24.6 Å². The summed E-state index contributed by atoms with van der Waals surface area (Å²) in [5.41, 5.74) is 0.895. The Morgan fingerprint density at radius 3 is 2.25 bits per heavy atom. The number of carbonyl (C=O) groups excluding carboxylic acids is 1. The summed E-state index contributed by atoms with van der Waals surface area (Å²) in [4.78, 5) is 12.5. The zero-order valence-electron chi connectivity index (χ0n) is 16.5. The van der Waals surface area contributed by atoms with Crippen molar-refractivity contribution in [3.63, 3.8) is 0 Å². The van der Waals surface area contributed by atoms with Crippen LogP contribution in [0.1, 0.15) is 29.8 Å². The Bertz CT molecular complexity index is 922. The van der Waals surface area contributed by atoms with Crippen LogP contribution in [0, 0.1) is 0 Å². The molecule has 28 heavy (non-hydrogen) atoms. The highest BCUT2D eigenvalue weighted by Crippen LogP contribution is 2.28. The maximum atomic E-state index is 12.6. The molecule has 0 aliphatic heterocycles. The fourth-order valence-corrected chi connectivity index (χ4v) is 4.20. The van der Waals surface area contributed by atoms with E-state index in [1.54, 1.807) is 32.0 Å². The lowest BCUT2D eigenvalue weighted by Crippen LogP contribution is -2.30. The summed E-state index contributed by atoms with van der Waals surface area (Å²) in [5.74, 6) is 0.502. The van der Waals surface area contributed by atoms with Crippen molar-refractivity contribution in [1.82, 2.24) is 4.31 Å². The molecule has 2 rings (SSSR count). The van der Waals surface area contributed by atoms with Crippen LogP contribution in [0.5, 0.6) is 11.5 Å². The smallest absolute Gasteiger partial charge is 0.338 e. The molecule has 0 aliphatic carbocycles. The van der Waals surface area contributed by atoms with Gasteiger partial charge in [-0.25, -0.2) is 13.2 Å². The van der Waals surface area contributed by atoms with Gasteiger partial charge in [0.05, 0.1) is 24.7 Å². The number of methoxy groups -OCH3 is 2. The lowest BCUT2D eigenvalue weighted by molar-refractivity contribution is 0.0472. The van der Waals surface area contributed by atoms with Crippen LogP contribution >= 0.6 is 0 Å². The average molecular weight is 407 g/mol. The van der Waals surface area contributed by atoms with Gasteiger partial charge >= 0.3 is 5.97 Å². The number of nitrogens with zero attached hydrogens (tertiary/aromatic N) is 1. The predicted molar refractivity (Wildman–Crippen MR) is 105 cm³/mol. The average Bonchev–Trinajstić information content (AvgIpc) is 2.72. The van der Waals surface area contributed by atoms with E-state index in [9.17, 15) is 13.2 Å². The molecule has 0 aliphatic rings. The van der Waals surface area contributed by atoms with Gasteiger partial charge in [0, 0.05) is 13.1 Å². The number of esters is 1. The maximum Gasteiger partial charge on any atom is 0.338 e. The number of hydrogen-bond donors (Lipinski definition) is 0. The van der Waals surface area contributed by atoms with Crippen LogP contribution in [0.15, 0.2) is 47.4 Å². The third-order valence-corrected chi connectivity index (χ3v) is 6.28. The van der Waals surface area contributed by atoms with Crippen molar-refractivity contribution < 1.29 is 27.4 Å². The first-order chi connectivity index (χ1) is 13.4. The molecule has 152 valence electrons. The van der Waals surface area contributed by atoms with E-state index in [1.807, 2.05) is 0 Å². The summed E-state index contributed by atoms with van der Waals surface area (Å²) in [5, 5.41) is 0. The van der Waals surface area contributed by atoms with Gasteiger partial charge in [-0.3, -0.25) is 0 Å². The molecule has 0 radical (unpaired) electrons. The number of benzene rings is 2. The molecule has 0 bridgehead atoms. The van der Waals surface area contributed by atoms with E-state index < -0.39 is 16.0 Å². The highest BCUT2D eigenvalue weighted by Gasteiger charge is 2.22. The van der Waals surface area contributed by atoms with Crippen LogP contribution in [0.25, 0.3) is 0 Å². The SMILES string of the molecule is CCN(CC)S(=O)(=O)c1cccc(C(=O)OCc2ccc(OC)c(OC)c2)c1. The molecule has 0 amide bonds. The zero-order valence-corrected chi connectivity index (χ0v) is 17.3. The third-order valence-electron chi connectivity index (χ3n) is 4.23. The highest BCUT2D eigenvalue weighted by molar-refractivity contribution is 7.89. The van der Waals surface area contributed by atoms with Crippen molar-refractivity contribution in [3.05, 3.63) is 53.6 Å². The minimum atomic E-state index is -3.65. The third kappa shape index (κ3) is 4.82. The lowest BCUT2D eigenvalue weighted by atomic mass is 10.2. The molecule has 0 heterocycles. The zero-order chi connectivity index (χ0) is 20.7. The van der Waals surface area contributed by atoms with Gasteiger partial charge in [-0.15, -0.1) is 0 Å².